The summed E-state index contributed by atoms with van der Waals surface area (Å²) >= 11 is 0. The predicted molar refractivity (Wildman–Crippen MR) is 81.5 cm³/mol. The van der Waals surface area contributed by atoms with E-state index in [0.717, 1.165) is 42.5 Å². The minimum absolute atomic E-state index is 0.154. The molecular formula is C16H23N3O. The van der Waals surface area contributed by atoms with Gasteiger partial charge in [0.2, 0.25) is 5.91 Å². The lowest BCUT2D eigenvalue weighted by Gasteiger charge is -2.12. The first kappa shape index (κ1) is 14.6. The Labute approximate surface area is 120 Å². The van der Waals surface area contributed by atoms with Gasteiger partial charge in [-0.05, 0) is 31.4 Å². The topological polar surface area (TPSA) is 57.8 Å². The lowest BCUT2D eigenvalue weighted by Crippen LogP contribution is -2.31. The van der Waals surface area contributed by atoms with Gasteiger partial charge in [0.1, 0.15) is 5.82 Å². The Kier molecular flexibility index (Phi) is 5.16. The number of fused-ring (bicyclic) bond motifs is 1. The molecule has 0 aliphatic carbocycles. The van der Waals surface area contributed by atoms with Crippen LogP contribution in [0.1, 0.15) is 38.9 Å². The second-order valence-electron chi connectivity index (χ2n) is 5.11. The van der Waals surface area contributed by atoms with Crippen LogP contribution in [0.2, 0.25) is 0 Å². The van der Waals surface area contributed by atoms with E-state index in [1.54, 1.807) is 0 Å². The molecular weight excluding hydrogens is 250 g/mol. The fraction of sp³-hybridized carbons (Fsp3) is 0.500. The molecule has 0 saturated heterocycles. The number of hydrogen-bond donors (Lipinski definition) is 2. The number of para-hydroxylation sites is 2. The largest absolute Gasteiger partial charge is 0.356 e. The Morgan fingerprint density at radius 3 is 2.75 bits per heavy atom. The first-order chi connectivity index (χ1) is 9.74. The molecule has 0 atom stereocenters. The minimum atomic E-state index is 0.154. The Bertz CT molecular complexity index is 525. The SMILES string of the molecule is CCC(CC)C(=O)NCCCc1nc2ccccc2[nH]1. The first-order valence-electron chi connectivity index (χ1n) is 7.46. The third-order valence-corrected chi connectivity index (χ3v) is 3.68. The molecule has 4 heteroatoms. The van der Waals surface area contributed by atoms with Crippen LogP contribution in [0, 0.1) is 5.92 Å². The second kappa shape index (κ2) is 7.08. The van der Waals surface area contributed by atoms with E-state index >= 15 is 0 Å². The maximum Gasteiger partial charge on any atom is 0.223 e. The van der Waals surface area contributed by atoms with E-state index in [-0.39, 0.29) is 11.8 Å². The number of hydrogen-bond acceptors (Lipinski definition) is 2. The molecule has 0 bridgehead atoms. The molecule has 0 saturated carbocycles. The zero-order valence-electron chi connectivity index (χ0n) is 12.3. The van der Waals surface area contributed by atoms with E-state index in [1.165, 1.54) is 0 Å². The third kappa shape index (κ3) is 3.59. The van der Waals surface area contributed by atoms with Gasteiger partial charge in [-0.3, -0.25) is 4.79 Å². The Hall–Kier alpha value is -1.84. The Balaban J connectivity index is 1.77. The molecule has 0 spiro atoms. The first-order valence-corrected chi connectivity index (χ1v) is 7.46. The number of nitrogens with zero attached hydrogens (tertiary/aromatic N) is 1. The Morgan fingerprint density at radius 1 is 1.30 bits per heavy atom. The summed E-state index contributed by atoms with van der Waals surface area (Å²) in [6.45, 7) is 4.83. The summed E-state index contributed by atoms with van der Waals surface area (Å²) in [5.74, 6) is 1.32. The van der Waals surface area contributed by atoms with Crippen molar-refractivity contribution in [3.63, 3.8) is 0 Å². The minimum Gasteiger partial charge on any atom is -0.356 e. The number of aryl methyl sites for hydroxylation is 1. The molecule has 2 rings (SSSR count). The van der Waals surface area contributed by atoms with Crippen LogP contribution in [-0.4, -0.2) is 22.4 Å². The molecule has 0 aliphatic rings. The Morgan fingerprint density at radius 2 is 2.05 bits per heavy atom. The second-order valence-corrected chi connectivity index (χ2v) is 5.11. The van der Waals surface area contributed by atoms with Crippen LogP contribution < -0.4 is 5.32 Å². The van der Waals surface area contributed by atoms with Crippen LogP contribution in [0.3, 0.4) is 0 Å². The molecule has 1 heterocycles. The average Bonchev–Trinajstić information content (AvgIpc) is 2.87. The average molecular weight is 273 g/mol. The maximum atomic E-state index is 11.8. The van der Waals surface area contributed by atoms with Crippen LogP contribution in [0.25, 0.3) is 11.0 Å². The van der Waals surface area contributed by atoms with Gasteiger partial charge in [0, 0.05) is 18.9 Å². The van der Waals surface area contributed by atoms with Crippen molar-refractivity contribution in [1.82, 2.24) is 15.3 Å². The lowest BCUT2D eigenvalue weighted by atomic mass is 10.0. The van der Waals surface area contributed by atoms with Crippen LogP contribution >= 0.6 is 0 Å². The number of H-pyrrole nitrogens is 1. The van der Waals surface area contributed by atoms with Crippen molar-refractivity contribution in [2.75, 3.05) is 6.54 Å². The van der Waals surface area contributed by atoms with E-state index < -0.39 is 0 Å². The van der Waals surface area contributed by atoms with Gasteiger partial charge in [-0.2, -0.15) is 0 Å². The standard InChI is InChI=1S/C16H23N3O/c1-3-12(4-2)16(20)17-11-7-10-15-18-13-8-5-6-9-14(13)19-15/h5-6,8-9,12H,3-4,7,10-11H2,1-2H3,(H,17,20)(H,18,19). The lowest BCUT2D eigenvalue weighted by molar-refractivity contribution is -0.125. The number of carbonyl (C=O) groups is 1. The summed E-state index contributed by atoms with van der Waals surface area (Å²) in [4.78, 5) is 19.7. The normalized spacial score (nSPS) is 11.2. The van der Waals surface area contributed by atoms with Crippen LogP contribution in [0.4, 0.5) is 0 Å². The van der Waals surface area contributed by atoms with Crippen molar-refractivity contribution in [3.05, 3.63) is 30.1 Å². The summed E-state index contributed by atoms with van der Waals surface area (Å²) in [6, 6.07) is 8.02. The van der Waals surface area contributed by atoms with Gasteiger partial charge in [-0.15, -0.1) is 0 Å². The van der Waals surface area contributed by atoms with Gasteiger partial charge in [0.15, 0.2) is 0 Å². The molecule has 0 unspecified atom stereocenters. The molecule has 2 N–H and O–H groups in total. The summed E-state index contributed by atoms with van der Waals surface area (Å²) in [5, 5.41) is 3.01. The predicted octanol–water partition coefficient (Wildman–Crippen LogP) is 3.05. The number of rotatable bonds is 7. The van der Waals surface area contributed by atoms with Gasteiger partial charge in [0.25, 0.3) is 0 Å². The number of carbonyl (C=O) groups excluding carboxylic acids is 1. The van der Waals surface area contributed by atoms with Gasteiger partial charge in [-0.1, -0.05) is 26.0 Å². The number of nitrogens with one attached hydrogen (secondary N) is 2. The zero-order valence-corrected chi connectivity index (χ0v) is 12.3. The highest BCUT2D eigenvalue weighted by Crippen LogP contribution is 2.11. The van der Waals surface area contributed by atoms with Crippen LogP contribution in [-0.2, 0) is 11.2 Å². The van der Waals surface area contributed by atoms with Gasteiger partial charge in [0.05, 0.1) is 11.0 Å². The number of amides is 1. The molecule has 4 nitrogen and oxygen atoms in total. The highest BCUT2D eigenvalue weighted by molar-refractivity contribution is 5.78. The van der Waals surface area contributed by atoms with E-state index in [0.29, 0.717) is 6.54 Å². The monoisotopic (exact) mass is 273 g/mol. The van der Waals surface area contributed by atoms with E-state index in [2.05, 4.69) is 29.1 Å². The molecule has 108 valence electrons. The molecule has 0 fully saturated rings. The highest BCUT2D eigenvalue weighted by atomic mass is 16.1. The van der Waals surface area contributed by atoms with Gasteiger partial charge < -0.3 is 10.3 Å². The number of benzene rings is 1. The van der Waals surface area contributed by atoms with Crippen molar-refractivity contribution in [2.45, 2.75) is 39.5 Å². The zero-order chi connectivity index (χ0) is 14.4. The molecule has 20 heavy (non-hydrogen) atoms. The maximum absolute atomic E-state index is 11.8. The fourth-order valence-corrected chi connectivity index (χ4v) is 2.40. The summed E-state index contributed by atoms with van der Waals surface area (Å²) in [6.07, 6.45) is 3.58. The molecule has 2 aromatic rings. The van der Waals surface area contributed by atoms with Crippen molar-refractivity contribution in [1.29, 1.82) is 0 Å². The number of aromatic amines is 1. The van der Waals surface area contributed by atoms with Crippen molar-refractivity contribution < 1.29 is 4.79 Å². The van der Waals surface area contributed by atoms with Crippen molar-refractivity contribution in [3.8, 4) is 0 Å². The molecule has 1 amide bonds. The van der Waals surface area contributed by atoms with Gasteiger partial charge in [-0.25, -0.2) is 4.98 Å². The van der Waals surface area contributed by atoms with Crippen molar-refractivity contribution >= 4 is 16.9 Å². The molecule has 1 aromatic carbocycles. The summed E-state index contributed by atoms with van der Waals surface area (Å²) < 4.78 is 0. The van der Waals surface area contributed by atoms with E-state index in [9.17, 15) is 4.79 Å². The van der Waals surface area contributed by atoms with Crippen LogP contribution in [0.15, 0.2) is 24.3 Å². The van der Waals surface area contributed by atoms with E-state index in [4.69, 9.17) is 0 Å². The molecule has 0 radical (unpaired) electrons. The smallest absolute Gasteiger partial charge is 0.223 e. The van der Waals surface area contributed by atoms with Gasteiger partial charge >= 0.3 is 0 Å². The highest BCUT2D eigenvalue weighted by Gasteiger charge is 2.12. The summed E-state index contributed by atoms with van der Waals surface area (Å²) in [5.41, 5.74) is 2.08. The quantitative estimate of drug-likeness (QED) is 0.762. The molecule has 0 aliphatic heterocycles. The van der Waals surface area contributed by atoms with E-state index in [1.807, 2.05) is 24.3 Å². The number of aromatic nitrogens is 2. The van der Waals surface area contributed by atoms with Crippen molar-refractivity contribution in [2.24, 2.45) is 5.92 Å². The van der Waals surface area contributed by atoms with Crippen LogP contribution in [0.5, 0.6) is 0 Å². The number of imidazole rings is 1. The summed E-state index contributed by atoms with van der Waals surface area (Å²) in [7, 11) is 0. The fourth-order valence-electron chi connectivity index (χ4n) is 2.40. The third-order valence-electron chi connectivity index (χ3n) is 3.68. The molecule has 1 aromatic heterocycles.